The van der Waals surface area contributed by atoms with Gasteiger partial charge in [-0.2, -0.15) is 0 Å². The molecule has 0 unspecified atom stereocenters. The second-order valence-corrected chi connectivity index (χ2v) is 5.07. The van der Waals surface area contributed by atoms with Gasteiger partial charge in [0.15, 0.2) is 0 Å². The summed E-state index contributed by atoms with van der Waals surface area (Å²) in [5.41, 5.74) is 0.210. The van der Waals surface area contributed by atoms with Crippen molar-refractivity contribution in [3.05, 3.63) is 0 Å². The fourth-order valence-electron chi connectivity index (χ4n) is 1.20. The second-order valence-electron chi connectivity index (χ2n) is 4.71. The van der Waals surface area contributed by atoms with Gasteiger partial charge in [0.1, 0.15) is 0 Å². The van der Waals surface area contributed by atoms with Crippen LogP contribution in [0.25, 0.3) is 0 Å². The number of hydrogen-bond acceptors (Lipinski definition) is 3. The van der Waals surface area contributed by atoms with E-state index in [4.69, 9.17) is 4.74 Å². The van der Waals surface area contributed by atoms with E-state index < -0.39 is 5.30 Å². The molecule has 0 heterocycles. The van der Waals surface area contributed by atoms with Gasteiger partial charge in [-0.15, -0.1) is 0 Å². The number of thiol groups is 1. The van der Waals surface area contributed by atoms with Gasteiger partial charge in [0.05, 0.1) is 6.61 Å². The lowest BCUT2D eigenvalue weighted by Gasteiger charge is -2.20. The normalized spacial score (nSPS) is 11.5. The van der Waals surface area contributed by atoms with Crippen LogP contribution in [-0.4, -0.2) is 24.0 Å². The third kappa shape index (κ3) is 13.8. The number of hydrogen-bond donors (Lipinski definition) is 2. The second kappa shape index (κ2) is 7.99. The highest BCUT2D eigenvalue weighted by Gasteiger charge is 2.06. The Kier molecular flexibility index (Phi) is 7.88. The summed E-state index contributed by atoms with van der Waals surface area (Å²) in [5, 5.41) is 2.95. The van der Waals surface area contributed by atoms with Gasteiger partial charge < -0.3 is 10.1 Å². The summed E-state index contributed by atoms with van der Waals surface area (Å²) in [6.45, 7) is 8.04. The van der Waals surface area contributed by atoms with Crippen molar-refractivity contribution in [1.82, 2.24) is 5.32 Å². The van der Waals surface area contributed by atoms with E-state index in [-0.39, 0.29) is 5.54 Å². The number of carbonyl (C=O) groups excluding carboxylic acids is 1. The van der Waals surface area contributed by atoms with Crippen molar-refractivity contribution in [1.29, 1.82) is 0 Å². The zero-order chi connectivity index (χ0) is 11.7. The van der Waals surface area contributed by atoms with E-state index in [1.165, 1.54) is 12.8 Å². The van der Waals surface area contributed by atoms with E-state index in [0.717, 1.165) is 19.4 Å². The fraction of sp³-hybridized carbons (Fsp3) is 0.909. The summed E-state index contributed by atoms with van der Waals surface area (Å²) in [6, 6.07) is 0. The van der Waals surface area contributed by atoms with Crippen LogP contribution in [0.1, 0.15) is 46.5 Å². The number of carbonyl (C=O) groups is 1. The molecule has 1 N–H and O–H groups in total. The molecular formula is C11H23NO2S. The van der Waals surface area contributed by atoms with E-state index in [2.05, 4.69) is 38.7 Å². The summed E-state index contributed by atoms with van der Waals surface area (Å²) in [7, 11) is 0. The Bertz CT molecular complexity index is 178. The number of rotatable bonds is 7. The molecule has 0 amide bonds. The molecule has 0 saturated heterocycles. The molecule has 0 aromatic carbocycles. The van der Waals surface area contributed by atoms with Crippen LogP contribution in [0.3, 0.4) is 0 Å². The first-order chi connectivity index (χ1) is 6.92. The molecule has 0 atom stereocenters. The van der Waals surface area contributed by atoms with Gasteiger partial charge in [0.25, 0.3) is 0 Å². The molecule has 0 aliphatic heterocycles. The minimum atomic E-state index is -0.482. The van der Waals surface area contributed by atoms with Crippen molar-refractivity contribution in [2.75, 3.05) is 13.2 Å². The van der Waals surface area contributed by atoms with Crippen molar-refractivity contribution < 1.29 is 9.53 Å². The van der Waals surface area contributed by atoms with E-state index in [9.17, 15) is 4.79 Å². The molecule has 0 fully saturated rings. The van der Waals surface area contributed by atoms with Crippen LogP contribution in [-0.2, 0) is 4.74 Å². The average molecular weight is 233 g/mol. The Balaban J connectivity index is 3.09. The Morgan fingerprint density at radius 2 is 1.80 bits per heavy atom. The van der Waals surface area contributed by atoms with Crippen molar-refractivity contribution in [2.45, 2.75) is 52.0 Å². The predicted molar refractivity (Wildman–Crippen MR) is 66.6 cm³/mol. The maximum Gasteiger partial charge on any atom is 0.364 e. The molecule has 0 aliphatic carbocycles. The van der Waals surface area contributed by atoms with Crippen LogP contribution in [0.15, 0.2) is 0 Å². The lowest BCUT2D eigenvalue weighted by Crippen LogP contribution is -2.36. The minimum absolute atomic E-state index is 0.210. The number of nitrogens with one attached hydrogen (secondary N) is 1. The van der Waals surface area contributed by atoms with Gasteiger partial charge in [-0.05, 0) is 40.2 Å². The van der Waals surface area contributed by atoms with Gasteiger partial charge in [0, 0.05) is 5.54 Å². The molecule has 0 aliphatic rings. The molecule has 0 aromatic rings. The standard InChI is InChI=1S/C11H23NO2S/c1-11(2,3)12-8-6-4-5-7-9-14-10(13)15/h12H,4-9H2,1-3H3,(H,13,15). The Hall–Kier alpha value is -0.220. The zero-order valence-electron chi connectivity index (χ0n) is 10.0. The zero-order valence-corrected chi connectivity index (χ0v) is 10.9. The van der Waals surface area contributed by atoms with Crippen molar-refractivity contribution >= 4 is 17.9 Å². The monoisotopic (exact) mass is 233 g/mol. The third-order valence-electron chi connectivity index (χ3n) is 1.95. The van der Waals surface area contributed by atoms with Crippen molar-refractivity contribution in [3.63, 3.8) is 0 Å². The molecule has 3 nitrogen and oxygen atoms in total. The SMILES string of the molecule is CC(C)(C)NCCCCCCOC(=O)S. The van der Waals surface area contributed by atoms with E-state index in [1.54, 1.807) is 0 Å². The quantitative estimate of drug-likeness (QED) is 0.403. The van der Waals surface area contributed by atoms with Crippen LogP contribution >= 0.6 is 12.6 Å². The van der Waals surface area contributed by atoms with Crippen molar-refractivity contribution in [2.24, 2.45) is 0 Å². The highest BCUT2D eigenvalue weighted by Crippen LogP contribution is 2.03. The van der Waals surface area contributed by atoms with Gasteiger partial charge >= 0.3 is 5.30 Å². The third-order valence-corrected chi connectivity index (χ3v) is 2.08. The molecule has 4 heteroatoms. The van der Waals surface area contributed by atoms with Gasteiger partial charge in [0.2, 0.25) is 0 Å². The first kappa shape index (κ1) is 14.8. The highest BCUT2D eigenvalue weighted by molar-refractivity contribution is 7.96. The molecular weight excluding hydrogens is 210 g/mol. The summed E-state index contributed by atoms with van der Waals surface area (Å²) in [5.74, 6) is 0. The lowest BCUT2D eigenvalue weighted by molar-refractivity contribution is 0.173. The smallest absolute Gasteiger partial charge is 0.364 e. The molecule has 0 rings (SSSR count). The summed E-state index contributed by atoms with van der Waals surface area (Å²) in [6.07, 6.45) is 4.38. The van der Waals surface area contributed by atoms with Crippen molar-refractivity contribution in [3.8, 4) is 0 Å². The van der Waals surface area contributed by atoms with Gasteiger partial charge in [-0.1, -0.05) is 25.5 Å². The van der Waals surface area contributed by atoms with Crippen LogP contribution in [0.4, 0.5) is 4.79 Å². The van der Waals surface area contributed by atoms with E-state index in [0.29, 0.717) is 6.61 Å². The molecule has 0 saturated carbocycles. The Morgan fingerprint density at radius 1 is 1.20 bits per heavy atom. The largest absolute Gasteiger partial charge is 0.458 e. The molecule has 0 aromatic heterocycles. The highest BCUT2D eigenvalue weighted by atomic mass is 32.1. The first-order valence-electron chi connectivity index (χ1n) is 5.52. The predicted octanol–water partition coefficient (Wildman–Crippen LogP) is 3.00. The molecule has 0 spiro atoms. The molecule has 90 valence electrons. The van der Waals surface area contributed by atoms with Crippen LogP contribution in [0, 0.1) is 0 Å². The van der Waals surface area contributed by atoms with Gasteiger partial charge in [-0.25, -0.2) is 4.79 Å². The minimum Gasteiger partial charge on any atom is -0.458 e. The molecule has 15 heavy (non-hydrogen) atoms. The van der Waals surface area contributed by atoms with Crippen LogP contribution in [0.2, 0.25) is 0 Å². The first-order valence-corrected chi connectivity index (χ1v) is 5.97. The topological polar surface area (TPSA) is 38.3 Å². The number of ether oxygens (including phenoxy) is 1. The summed E-state index contributed by atoms with van der Waals surface area (Å²) < 4.78 is 4.71. The summed E-state index contributed by atoms with van der Waals surface area (Å²) in [4.78, 5) is 10.3. The Morgan fingerprint density at radius 3 is 2.33 bits per heavy atom. The summed E-state index contributed by atoms with van der Waals surface area (Å²) >= 11 is 3.52. The van der Waals surface area contributed by atoms with E-state index >= 15 is 0 Å². The number of unbranched alkanes of at least 4 members (excludes halogenated alkanes) is 3. The molecule has 0 bridgehead atoms. The Labute approximate surface area is 98.4 Å². The van der Waals surface area contributed by atoms with Crippen LogP contribution in [0.5, 0.6) is 0 Å². The van der Waals surface area contributed by atoms with E-state index in [1.807, 2.05) is 0 Å². The van der Waals surface area contributed by atoms with Crippen LogP contribution < -0.4 is 5.32 Å². The maximum absolute atomic E-state index is 10.3. The average Bonchev–Trinajstić information content (AvgIpc) is 2.07. The van der Waals surface area contributed by atoms with Gasteiger partial charge in [-0.3, -0.25) is 0 Å². The maximum atomic E-state index is 10.3. The lowest BCUT2D eigenvalue weighted by atomic mass is 10.1. The fourth-order valence-corrected chi connectivity index (χ4v) is 1.29. The molecule has 0 radical (unpaired) electrons.